The Bertz CT molecular complexity index is 1510. The number of nitrogens with one attached hydrogen (secondary N) is 2. The summed E-state index contributed by atoms with van der Waals surface area (Å²) < 4.78 is 26.9. The highest BCUT2D eigenvalue weighted by atomic mass is 19.1. The number of halogens is 1. The van der Waals surface area contributed by atoms with Crippen LogP contribution in [0, 0.1) is 5.82 Å². The SMILES string of the molecule is COC(=O)C1=C(C(=O)Nc2ccc(N3CCN(C)CC3)c(F)c2)C2C=CC1(C(Cc1ccccc1)Nc1ccccc1)O2. The van der Waals surface area contributed by atoms with Gasteiger partial charge in [-0.05, 0) is 55.4 Å². The number of carbonyl (C=O) groups excluding carboxylic acids is 2. The van der Waals surface area contributed by atoms with Gasteiger partial charge in [0.05, 0.1) is 30.0 Å². The normalized spacial score (nSPS) is 22.0. The van der Waals surface area contributed by atoms with Crippen LogP contribution in [0.2, 0.25) is 0 Å². The first-order chi connectivity index (χ1) is 20.9. The Hall–Kier alpha value is -4.47. The lowest BCUT2D eigenvalue weighted by Crippen LogP contribution is -2.49. The van der Waals surface area contributed by atoms with Crippen molar-refractivity contribution < 1.29 is 23.5 Å². The van der Waals surface area contributed by atoms with E-state index in [0.29, 0.717) is 17.8 Å². The van der Waals surface area contributed by atoms with Crippen LogP contribution in [-0.2, 0) is 25.5 Å². The Morgan fingerprint density at radius 1 is 1.00 bits per heavy atom. The summed E-state index contributed by atoms with van der Waals surface area (Å²) in [5.74, 6) is -1.61. The van der Waals surface area contributed by atoms with Crippen LogP contribution in [0.1, 0.15) is 5.56 Å². The third kappa shape index (κ3) is 5.66. The van der Waals surface area contributed by atoms with Gasteiger partial charge in [0.1, 0.15) is 17.5 Å². The molecule has 0 radical (unpaired) electrons. The standard InChI is InChI=1S/C34H35FN4O4/c1-38-17-19-39(20-18-38)27-14-13-25(22-26(27)35)37-32(40)30-28-15-16-34(43-28,31(30)33(41)42-2)29(21-23-9-5-3-6-10-23)36-24-11-7-4-8-12-24/h3-16,22,28-29,36H,17-21H2,1-2H3,(H,37,40). The van der Waals surface area contributed by atoms with Crippen LogP contribution in [0.25, 0.3) is 0 Å². The smallest absolute Gasteiger partial charge is 0.337 e. The maximum Gasteiger partial charge on any atom is 0.337 e. The molecule has 0 spiro atoms. The number of carbonyl (C=O) groups is 2. The summed E-state index contributed by atoms with van der Waals surface area (Å²) in [6.45, 7) is 3.15. The van der Waals surface area contributed by atoms with Gasteiger partial charge in [0.15, 0.2) is 0 Å². The van der Waals surface area contributed by atoms with E-state index in [1.54, 1.807) is 18.2 Å². The number of ether oxygens (including phenoxy) is 2. The number of nitrogens with zero attached hydrogens (tertiary/aromatic N) is 2. The Labute approximate surface area is 250 Å². The fourth-order valence-electron chi connectivity index (χ4n) is 6.14. The lowest BCUT2D eigenvalue weighted by molar-refractivity contribution is -0.138. The number of fused-ring (bicyclic) bond motifs is 2. The number of likely N-dealkylation sites (N-methyl/N-ethyl adjacent to an activating group) is 1. The van der Waals surface area contributed by atoms with E-state index in [2.05, 4.69) is 15.5 Å². The molecule has 3 atom stereocenters. The van der Waals surface area contributed by atoms with E-state index >= 15 is 4.39 Å². The van der Waals surface area contributed by atoms with Gasteiger partial charge in [0.2, 0.25) is 0 Å². The number of hydrogen-bond acceptors (Lipinski definition) is 7. The van der Waals surface area contributed by atoms with Crippen LogP contribution in [0.4, 0.5) is 21.5 Å². The minimum atomic E-state index is -1.27. The molecule has 2 N–H and O–H groups in total. The van der Waals surface area contributed by atoms with Crippen LogP contribution in [-0.4, -0.2) is 74.9 Å². The molecule has 9 heteroatoms. The van der Waals surface area contributed by atoms with Crippen LogP contribution in [0.3, 0.4) is 0 Å². The van der Waals surface area contributed by atoms with E-state index in [9.17, 15) is 9.59 Å². The molecule has 3 aliphatic rings. The lowest BCUT2D eigenvalue weighted by atomic mass is 9.78. The molecule has 3 aromatic rings. The number of piperazine rings is 1. The van der Waals surface area contributed by atoms with Gasteiger partial charge in [0, 0.05) is 37.6 Å². The number of amides is 1. The van der Waals surface area contributed by atoms with Crippen LogP contribution >= 0.6 is 0 Å². The van der Waals surface area contributed by atoms with Gasteiger partial charge < -0.3 is 29.9 Å². The minimum Gasteiger partial charge on any atom is -0.466 e. The third-order valence-electron chi connectivity index (χ3n) is 8.38. The van der Waals surface area contributed by atoms with Crippen molar-refractivity contribution in [1.29, 1.82) is 0 Å². The number of rotatable bonds is 9. The van der Waals surface area contributed by atoms with Gasteiger partial charge in [-0.3, -0.25) is 4.79 Å². The third-order valence-corrected chi connectivity index (χ3v) is 8.38. The molecule has 3 unspecified atom stereocenters. The Morgan fingerprint density at radius 3 is 2.37 bits per heavy atom. The van der Waals surface area contributed by atoms with Crippen molar-refractivity contribution in [2.75, 3.05) is 55.9 Å². The maximum absolute atomic E-state index is 15.2. The summed E-state index contributed by atoms with van der Waals surface area (Å²) in [5, 5.41) is 6.35. The largest absolute Gasteiger partial charge is 0.466 e. The molecule has 43 heavy (non-hydrogen) atoms. The molecule has 2 bridgehead atoms. The fraction of sp³-hybridized carbons (Fsp3) is 0.294. The Kier molecular flexibility index (Phi) is 8.01. The van der Waals surface area contributed by atoms with Gasteiger partial charge in [-0.2, -0.15) is 0 Å². The van der Waals surface area contributed by atoms with Crippen molar-refractivity contribution in [3.63, 3.8) is 0 Å². The lowest BCUT2D eigenvalue weighted by Gasteiger charge is -2.36. The second-order valence-electron chi connectivity index (χ2n) is 11.1. The number of para-hydroxylation sites is 1. The maximum atomic E-state index is 15.2. The van der Waals surface area contributed by atoms with Crippen molar-refractivity contribution in [2.45, 2.75) is 24.2 Å². The van der Waals surface area contributed by atoms with Crippen molar-refractivity contribution in [3.05, 3.63) is 114 Å². The van der Waals surface area contributed by atoms with E-state index < -0.39 is 35.4 Å². The van der Waals surface area contributed by atoms with E-state index in [1.165, 1.54) is 13.2 Å². The van der Waals surface area contributed by atoms with E-state index in [4.69, 9.17) is 9.47 Å². The first kappa shape index (κ1) is 28.6. The molecular formula is C34H35FN4O4. The van der Waals surface area contributed by atoms with E-state index in [0.717, 1.165) is 37.4 Å². The molecule has 8 nitrogen and oxygen atoms in total. The predicted molar refractivity (Wildman–Crippen MR) is 165 cm³/mol. The summed E-state index contributed by atoms with van der Waals surface area (Å²) >= 11 is 0. The topological polar surface area (TPSA) is 83.1 Å². The number of anilines is 3. The highest BCUT2D eigenvalue weighted by Crippen LogP contribution is 2.47. The summed E-state index contributed by atoms with van der Waals surface area (Å²) in [4.78, 5) is 31.4. The van der Waals surface area contributed by atoms with E-state index in [1.807, 2.05) is 78.7 Å². The molecule has 0 aromatic heterocycles. The monoisotopic (exact) mass is 582 g/mol. The number of benzene rings is 3. The molecule has 0 saturated carbocycles. The molecule has 1 fully saturated rings. The van der Waals surface area contributed by atoms with Gasteiger partial charge in [-0.1, -0.05) is 54.6 Å². The summed E-state index contributed by atoms with van der Waals surface area (Å²) in [6, 6.07) is 23.8. The van der Waals surface area contributed by atoms with Crippen molar-refractivity contribution in [3.8, 4) is 0 Å². The highest BCUT2D eigenvalue weighted by Gasteiger charge is 2.58. The quantitative estimate of drug-likeness (QED) is 0.286. The molecule has 222 valence electrons. The number of hydrogen-bond donors (Lipinski definition) is 2. The molecule has 3 aliphatic heterocycles. The van der Waals surface area contributed by atoms with Crippen LogP contribution < -0.4 is 15.5 Å². The Morgan fingerprint density at radius 2 is 1.70 bits per heavy atom. The van der Waals surface area contributed by atoms with Crippen LogP contribution in [0.5, 0.6) is 0 Å². The van der Waals surface area contributed by atoms with Gasteiger partial charge >= 0.3 is 5.97 Å². The van der Waals surface area contributed by atoms with Crippen molar-refractivity contribution in [1.82, 2.24) is 4.90 Å². The molecule has 3 aromatic carbocycles. The molecule has 1 saturated heterocycles. The number of esters is 1. The first-order valence-electron chi connectivity index (χ1n) is 14.5. The average Bonchev–Trinajstić information content (AvgIpc) is 3.61. The molecule has 0 aliphatic carbocycles. The van der Waals surface area contributed by atoms with E-state index in [-0.39, 0.29) is 11.1 Å². The zero-order valence-corrected chi connectivity index (χ0v) is 24.3. The van der Waals surface area contributed by atoms with Gasteiger partial charge in [0.25, 0.3) is 5.91 Å². The molecule has 1 amide bonds. The molecule has 6 rings (SSSR count). The van der Waals surface area contributed by atoms with Gasteiger partial charge in [-0.15, -0.1) is 0 Å². The average molecular weight is 583 g/mol. The van der Waals surface area contributed by atoms with Crippen molar-refractivity contribution >= 4 is 28.9 Å². The summed E-state index contributed by atoms with van der Waals surface area (Å²) in [7, 11) is 3.33. The second kappa shape index (κ2) is 12.0. The fourth-order valence-corrected chi connectivity index (χ4v) is 6.14. The molecule has 3 heterocycles. The molecular weight excluding hydrogens is 547 g/mol. The van der Waals surface area contributed by atoms with Crippen molar-refractivity contribution in [2.24, 2.45) is 0 Å². The first-order valence-corrected chi connectivity index (χ1v) is 14.5. The van der Waals surface area contributed by atoms with Crippen LogP contribution in [0.15, 0.2) is 102 Å². The summed E-state index contributed by atoms with van der Waals surface area (Å²) in [5.41, 5.74) is 1.69. The minimum absolute atomic E-state index is 0.138. The summed E-state index contributed by atoms with van der Waals surface area (Å²) in [6.07, 6.45) is 3.37. The zero-order valence-electron chi connectivity index (χ0n) is 24.3. The zero-order chi connectivity index (χ0) is 30.0. The highest BCUT2D eigenvalue weighted by molar-refractivity contribution is 6.12. The van der Waals surface area contributed by atoms with Gasteiger partial charge in [-0.25, -0.2) is 9.18 Å². The number of methoxy groups -OCH3 is 1. The predicted octanol–water partition coefficient (Wildman–Crippen LogP) is 4.42. The Balaban J connectivity index is 1.32. The second-order valence-corrected chi connectivity index (χ2v) is 11.1.